The molecule has 0 fully saturated rings. The van der Waals surface area contributed by atoms with Gasteiger partial charge in [-0.3, -0.25) is 0 Å². The van der Waals surface area contributed by atoms with Gasteiger partial charge in [0.05, 0.1) is 0 Å². The van der Waals surface area contributed by atoms with Crippen LogP contribution < -0.4 is 5.32 Å². The van der Waals surface area contributed by atoms with Gasteiger partial charge < -0.3 is 10.4 Å². The summed E-state index contributed by atoms with van der Waals surface area (Å²) in [6.45, 7) is 5.63. The number of rotatable bonds is 7. The van der Waals surface area contributed by atoms with Crippen LogP contribution in [0, 0.1) is 5.92 Å². The summed E-state index contributed by atoms with van der Waals surface area (Å²) in [6.07, 6.45) is 2.21. The minimum atomic E-state index is 0.297. The summed E-state index contributed by atoms with van der Waals surface area (Å²) in [5, 5.41) is 13.9. The van der Waals surface area contributed by atoms with Crippen molar-refractivity contribution in [3.63, 3.8) is 0 Å². The molecule has 3 heteroatoms. The van der Waals surface area contributed by atoms with E-state index in [0.717, 1.165) is 19.4 Å². The fourth-order valence-corrected chi connectivity index (χ4v) is 3.27. The lowest BCUT2D eigenvalue weighted by molar-refractivity contribution is 0.227. The third-order valence-electron chi connectivity index (χ3n) is 3.51. The Kier molecular flexibility index (Phi) is 5.37. The van der Waals surface area contributed by atoms with E-state index in [9.17, 15) is 0 Å². The van der Waals surface area contributed by atoms with Gasteiger partial charge in [0.15, 0.2) is 0 Å². The Hall–Kier alpha value is -0.900. The van der Waals surface area contributed by atoms with Crippen molar-refractivity contribution < 1.29 is 5.11 Å². The van der Waals surface area contributed by atoms with Crippen LogP contribution in [-0.4, -0.2) is 18.3 Å². The average molecular weight is 277 g/mol. The van der Waals surface area contributed by atoms with E-state index in [1.54, 1.807) is 0 Å². The van der Waals surface area contributed by atoms with Gasteiger partial charge in [0.2, 0.25) is 0 Å². The largest absolute Gasteiger partial charge is 0.396 e. The van der Waals surface area contributed by atoms with Crippen LogP contribution in [0.15, 0.2) is 30.3 Å². The van der Waals surface area contributed by atoms with E-state index in [0.29, 0.717) is 18.6 Å². The predicted molar refractivity (Wildman–Crippen MR) is 83.7 cm³/mol. The number of nitrogens with one attached hydrogen (secondary N) is 1. The Morgan fingerprint density at radius 3 is 2.79 bits per heavy atom. The SMILES string of the molecule is CC(CO)CCCNC(C)c1cc2ccccc2s1. The molecule has 2 N–H and O–H groups in total. The molecule has 0 aliphatic carbocycles. The Balaban J connectivity index is 1.84. The minimum Gasteiger partial charge on any atom is -0.396 e. The molecule has 1 aromatic carbocycles. The molecule has 0 bridgehead atoms. The molecular formula is C16H23NOS. The van der Waals surface area contributed by atoms with E-state index in [1.165, 1.54) is 15.0 Å². The molecule has 104 valence electrons. The van der Waals surface area contributed by atoms with Gasteiger partial charge in [-0.2, -0.15) is 0 Å². The second kappa shape index (κ2) is 7.04. The zero-order valence-electron chi connectivity index (χ0n) is 11.7. The first kappa shape index (κ1) is 14.5. The number of benzene rings is 1. The van der Waals surface area contributed by atoms with Crippen LogP contribution in [0.4, 0.5) is 0 Å². The van der Waals surface area contributed by atoms with E-state index < -0.39 is 0 Å². The number of fused-ring (bicyclic) bond motifs is 1. The maximum atomic E-state index is 8.98. The lowest BCUT2D eigenvalue weighted by atomic mass is 10.1. The smallest absolute Gasteiger partial charge is 0.0456 e. The van der Waals surface area contributed by atoms with Crippen LogP contribution in [0.2, 0.25) is 0 Å². The molecule has 1 heterocycles. The fourth-order valence-electron chi connectivity index (χ4n) is 2.18. The van der Waals surface area contributed by atoms with Crippen LogP contribution in [0.1, 0.15) is 37.6 Å². The monoisotopic (exact) mass is 277 g/mol. The molecule has 2 aromatic rings. The van der Waals surface area contributed by atoms with E-state index in [1.807, 2.05) is 11.3 Å². The molecule has 0 aliphatic rings. The van der Waals surface area contributed by atoms with Crippen LogP contribution in [-0.2, 0) is 0 Å². The summed E-state index contributed by atoms with van der Waals surface area (Å²) in [4.78, 5) is 1.40. The molecule has 1 aromatic heterocycles. The van der Waals surface area contributed by atoms with Gasteiger partial charge in [-0.15, -0.1) is 11.3 Å². The average Bonchev–Trinajstić information content (AvgIpc) is 2.87. The highest BCUT2D eigenvalue weighted by molar-refractivity contribution is 7.19. The van der Waals surface area contributed by atoms with Gasteiger partial charge >= 0.3 is 0 Å². The second-order valence-electron chi connectivity index (χ2n) is 5.29. The Labute approximate surface area is 119 Å². The van der Waals surface area contributed by atoms with Crippen molar-refractivity contribution in [2.45, 2.75) is 32.7 Å². The van der Waals surface area contributed by atoms with Crippen LogP contribution >= 0.6 is 11.3 Å². The van der Waals surface area contributed by atoms with E-state index in [2.05, 4.69) is 49.5 Å². The highest BCUT2D eigenvalue weighted by Crippen LogP contribution is 2.29. The molecule has 0 radical (unpaired) electrons. The van der Waals surface area contributed by atoms with Gasteiger partial charge in [0.1, 0.15) is 0 Å². The van der Waals surface area contributed by atoms with Crippen molar-refractivity contribution in [1.29, 1.82) is 0 Å². The summed E-state index contributed by atoms with van der Waals surface area (Å²) in [6, 6.07) is 11.2. The summed E-state index contributed by atoms with van der Waals surface area (Å²) in [5.74, 6) is 0.418. The third kappa shape index (κ3) is 4.03. The van der Waals surface area contributed by atoms with Crippen molar-refractivity contribution in [3.8, 4) is 0 Å². The zero-order valence-corrected chi connectivity index (χ0v) is 12.5. The fraction of sp³-hybridized carbons (Fsp3) is 0.500. The lowest BCUT2D eigenvalue weighted by Crippen LogP contribution is -2.19. The quantitative estimate of drug-likeness (QED) is 0.751. The lowest BCUT2D eigenvalue weighted by Gasteiger charge is -2.13. The summed E-state index contributed by atoms with van der Waals surface area (Å²) >= 11 is 1.87. The van der Waals surface area contributed by atoms with Gasteiger partial charge in [-0.25, -0.2) is 0 Å². The highest BCUT2D eigenvalue weighted by atomic mass is 32.1. The Bertz CT molecular complexity index is 475. The molecular weight excluding hydrogens is 254 g/mol. The van der Waals surface area contributed by atoms with Crippen molar-refractivity contribution in [1.82, 2.24) is 5.32 Å². The zero-order chi connectivity index (χ0) is 13.7. The standard InChI is InChI=1S/C16H23NOS/c1-12(11-18)6-5-9-17-13(2)16-10-14-7-3-4-8-15(14)19-16/h3-4,7-8,10,12-13,17-18H,5-6,9,11H2,1-2H3. The second-order valence-corrected chi connectivity index (χ2v) is 6.41. The molecule has 0 amide bonds. The molecule has 2 atom stereocenters. The highest BCUT2D eigenvalue weighted by Gasteiger charge is 2.08. The van der Waals surface area contributed by atoms with Crippen molar-refractivity contribution in [2.75, 3.05) is 13.2 Å². The first-order valence-electron chi connectivity index (χ1n) is 7.03. The first-order valence-corrected chi connectivity index (χ1v) is 7.85. The Morgan fingerprint density at radius 1 is 1.26 bits per heavy atom. The number of hydrogen-bond donors (Lipinski definition) is 2. The summed E-state index contributed by atoms with van der Waals surface area (Å²) in [5.41, 5.74) is 0. The summed E-state index contributed by atoms with van der Waals surface area (Å²) in [7, 11) is 0. The minimum absolute atomic E-state index is 0.297. The van der Waals surface area contributed by atoms with E-state index >= 15 is 0 Å². The molecule has 2 unspecified atom stereocenters. The van der Waals surface area contributed by atoms with Gasteiger partial charge in [0, 0.05) is 22.2 Å². The number of hydrogen-bond acceptors (Lipinski definition) is 3. The van der Waals surface area contributed by atoms with E-state index in [4.69, 9.17) is 5.11 Å². The van der Waals surface area contributed by atoms with Gasteiger partial charge in [-0.1, -0.05) is 25.1 Å². The topological polar surface area (TPSA) is 32.3 Å². The van der Waals surface area contributed by atoms with Gasteiger partial charge in [-0.05, 0) is 49.7 Å². The third-order valence-corrected chi connectivity index (χ3v) is 4.81. The van der Waals surface area contributed by atoms with Crippen molar-refractivity contribution in [2.24, 2.45) is 5.92 Å². The number of thiophene rings is 1. The molecule has 0 saturated carbocycles. The molecule has 0 saturated heterocycles. The molecule has 19 heavy (non-hydrogen) atoms. The normalized spacial score (nSPS) is 14.7. The van der Waals surface area contributed by atoms with Crippen LogP contribution in [0.25, 0.3) is 10.1 Å². The van der Waals surface area contributed by atoms with Crippen LogP contribution in [0.5, 0.6) is 0 Å². The Morgan fingerprint density at radius 2 is 2.05 bits per heavy atom. The van der Waals surface area contributed by atoms with Crippen LogP contribution in [0.3, 0.4) is 0 Å². The first-order chi connectivity index (χ1) is 9.20. The number of aliphatic hydroxyl groups is 1. The van der Waals surface area contributed by atoms with Gasteiger partial charge in [0.25, 0.3) is 0 Å². The van der Waals surface area contributed by atoms with Crippen molar-refractivity contribution >= 4 is 21.4 Å². The predicted octanol–water partition coefficient (Wildman–Crippen LogP) is 3.96. The van der Waals surface area contributed by atoms with E-state index in [-0.39, 0.29) is 0 Å². The maximum absolute atomic E-state index is 8.98. The molecule has 0 aliphatic heterocycles. The van der Waals surface area contributed by atoms with Crippen molar-refractivity contribution in [3.05, 3.63) is 35.2 Å². The number of aliphatic hydroxyl groups excluding tert-OH is 1. The molecule has 2 rings (SSSR count). The molecule has 0 spiro atoms. The molecule has 2 nitrogen and oxygen atoms in total. The summed E-state index contributed by atoms with van der Waals surface area (Å²) < 4.78 is 1.36. The maximum Gasteiger partial charge on any atom is 0.0456 e.